The lowest BCUT2D eigenvalue weighted by Crippen LogP contribution is -2.43. The van der Waals surface area contributed by atoms with Gasteiger partial charge in [0.2, 0.25) is 0 Å². The number of amides is 1. The van der Waals surface area contributed by atoms with Crippen LogP contribution in [0.4, 0.5) is 0 Å². The highest BCUT2D eigenvalue weighted by Gasteiger charge is 2.21. The molecule has 2 rings (SSSR count). The quantitative estimate of drug-likeness (QED) is 0.846. The first kappa shape index (κ1) is 13.8. The van der Waals surface area contributed by atoms with E-state index in [2.05, 4.69) is 13.0 Å². The Labute approximate surface area is 117 Å². The van der Waals surface area contributed by atoms with Gasteiger partial charge in [-0.05, 0) is 12.1 Å². The van der Waals surface area contributed by atoms with E-state index in [1.807, 2.05) is 16.7 Å². The van der Waals surface area contributed by atoms with Crippen molar-refractivity contribution in [1.29, 1.82) is 5.26 Å². The van der Waals surface area contributed by atoms with Crippen LogP contribution in [0.2, 0.25) is 0 Å². The fourth-order valence-electron chi connectivity index (χ4n) is 1.96. The maximum Gasteiger partial charge on any atom is 0.260 e. The van der Waals surface area contributed by atoms with Crippen LogP contribution in [0.15, 0.2) is 24.3 Å². The summed E-state index contributed by atoms with van der Waals surface area (Å²) in [6, 6.07) is 9.01. The molecule has 0 aliphatic carbocycles. The summed E-state index contributed by atoms with van der Waals surface area (Å²) in [7, 11) is 0. The fourth-order valence-corrected chi connectivity index (χ4v) is 2.97. The molecular formula is C14H16N2O2S. The van der Waals surface area contributed by atoms with Gasteiger partial charge < -0.3 is 9.64 Å². The molecule has 100 valence electrons. The number of rotatable bonds is 3. The van der Waals surface area contributed by atoms with Crippen molar-refractivity contribution in [3.63, 3.8) is 0 Å². The molecule has 0 bridgehead atoms. The van der Waals surface area contributed by atoms with Gasteiger partial charge in [0, 0.05) is 24.1 Å². The second-order valence-corrected chi connectivity index (χ2v) is 5.96. The van der Waals surface area contributed by atoms with Gasteiger partial charge >= 0.3 is 0 Å². The Morgan fingerprint density at radius 3 is 3.11 bits per heavy atom. The Hall–Kier alpha value is -1.67. The monoisotopic (exact) mass is 276 g/mol. The van der Waals surface area contributed by atoms with E-state index in [0.29, 0.717) is 16.6 Å². The predicted octanol–water partition coefficient (Wildman–Crippen LogP) is 1.90. The van der Waals surface area contributed by atoms with E-state index in [-0.39, 0.29) is 12.5 Å². The Morgan fingerprint density at radius 1 is 1.58 bits per heavy atom. The third-order valence-electron chi connectivity index (χ3n) is 2.95. The number of para-hydroxylation sites is 1. The molecular weight excluding hydrogens is 260 g/mol. The minimum atomic E-state index is -0.0140. The number of thioether (sulfide) groups is 1. The smallest absolute Gasteiger partial charge is 0.260 e. The van der Waals surface area contributed by atoms with Crippen molar-refractivity contribution in [3.8, 4) is 11.8 Å². The minimum Gasteiger partial charge on any atom is -0.482 e. The zero-order valence-electron chi connectivity index (χ0n) is 10.8. The van der Waals surface area contributed by atoms with Crippen molar-refractivity contribution in [2.24, 2.45) is 0 Å². The number of carbonyl (C=O) groups is 1. The van der Waals surface area contributed by atoms with Gasteiger partial charge in [-0.1, -0.05) is 19.1 Å². The third-order valence-corrected chi connectivity index (χ3v) is 4.09. The highest BCUT2D eigenvalue weighted by molar-refractivity contribution is 7.99. The van der Waals surface area contributed by atoms with Crippen molar-refractivity contribution < 1.29 is 9.53 Å². The average molecular weight is 276 g/mol. The molecule has 19 heavy (non-hydrogen) atoms. The SMILES string of the molecule is CC1CN(C(=O)COc2ccccc2C#N)CCS1. The average Bonchev–Trinajstić information content (AvgIpc) is 2.45. The summed E-state index contributed by atoms with van der Waals surface area (Å²) in [5.74, 6) is 1.43. The van der Waals surface area contributed by atoms with Gasteiger partial charge in [-0.25, -0.2) is 0 Å². The largest absolute Gasteiger partial charge is 0.482 e. The number of hydrogen-bond donors (Lipinski definition) is 0. The van der Waals surface area contributed by atoms with Crippen molar-refractivity contribution >= 4 is 17.7 Å². The van der Waals surface area contributed by atoms with Crippen LogP contribution in [0.5, 0.6) is 5.75 Å². The molecule has 1 atom stereocenters. The maximum absolute atomic E-state index is 12.0. The molecule has 4 nitrogen and oxygen atoms in total. The summed E-state index contributed by atoms with van der Waals surface area (Å²) in [6.07, 6.45) is 0. The number of nitriles is 1. The molecule has 0 aromatic heterocycles. The third kappa shape index (κ3) is 3.65. The standard InChI is InChI=1S/C14H16N2O2S/c1-11-9-16(6-7-19-11)14(17)10-18-13-5-3-2-4-12(13)8-15/h2-5,11H,6-7,9-10H2,1H3. The lowest BCUT2D eigenvalue weighted by atomic mass is 10.2. The summed E-state index contributed by atoms with van der Waals surface area (Å²) in [5, 5.41) is 9.42. The first-order valence-electron chi connectivity index (χ1n) is 6.22. The molecule has 1 aliphatic heterocycles. The summed E-state index contributed by atoms with van der Waals surface area (Å²) >= 11 is 1.88. The van der Waals surface area contributed by atoms with E-state index < -0.39 is 0 Å². The molecule has 0 saturated carbocycles. The van der Waals surface area contributed by atoms with Gasteiger partial charge in [-0.3, -0.25) is 4.79 Å². The summed E-state index contributed by atoms with van der Waals surface area (Å²) in [5.41, 5.74) is 0.456. The second-order valence-electron chi connectivity index (χ2n) is 4.42. The maximum atomic E-state index is 12.0. The Kier molecular flexibility index (Phi) is 4.69. The van der Waals surface area contributed by atoms with Crippen molar-refractivity contribution in [2.45, 2.75) is 12.2 Å². The zero-order valence-corrected chi connectivity index (χ0v) is 11.7. The molecule has 1 unspecified atom stereocenters. The van der Waals surface area contributed by atoms with E-state index in [9.17, 15) is 4.79 Å². The molecule has 0 spiro atoms. The summed E-state index contributed by atoms with van der Waals surface area (Å²) in [6.45, 7) is 3.66. The van der Waals surface area contributed by atoms with E-state index in [1.165, 1.54) is 0 Å². The molecule has 1 saturated heterocycles. The molecule has 0 radical (unpaired) electrons. The lowest BCUT2D eigenvalue weighted by Gasteiger charge is -2.30. The van der Waals surface area contributed by atoms with Crippen LogP contribution in [0, 0.1) is 11.3 Å². The Morgan fingerprint density at radius 2 is 2.37 bits per heavy atom. The van der Waals surface area contributed by atoms with Gasteiger partial charge in [0.15, 0.2) is 6.61 Å². The van der Waals surface area contributed by atoms with E-state index in [4.69, 9.17) is 10.00 Å². The predicted molar refractivity (Wildman–Crippen MR) is 75.2 cm³/mol. The Bertz CT molecular complexity index is 498. The normalized spacial score (nSPS) is 18.7. The molecule has 0 N–H and O–H groups in total. The van der Waals surface area contributed by atoms with Crippen molar-refractivity contribution in [2.75, 3.05) is 25.4 Å². The molecule has 1 fully saturated rings. The van der Waals surface area contributed by atoms with E-state index >= 15 is 0 Å². The van der Waals surface area contributed by atoms with Crippen LogP contribution in [-0.4, -0.2) is 41.5 Å². The molecule has 1 heterocycles. The minimum absolute atomic E-state index is 0.00389. The topological polar surface area (TPSA) is 53.3 Å². The van der Waals surface area contributed by atoms with Crippen LogP contribution in [0.3, 0.4) is 0 Å². The van der Waals surface area contributed by atoms with Crippen LogP contribution >= 0.6 is 11.8 Å². The van der Waals surface area contributed by atoms with Crippen LogP contribution in [-0.2, 0) is 4.79 Å². The van der Waals surface area contributed by atoms with Crippen molar-refractivity contribution in [3.05, 3.63) is 29.8 Å². The number of ether oxygens (including phenoxy) is 1. The number of nitrogens with zero attached hydrogens (tertiary/aromatic N) is 2. The zero-order chi connectivity index (χ0) is 13.7. The summed E-state index contributed by atoms with van der Waals surface area (Å²) < 4.78 is 5.46. The van der Waals surface area contributed by atoms with Gasteiger partial charge in [0.05, 0.1) is 5.56 Å². The molecule has 1 aromatic rings. The molecule has 1 aliphatic rings. The summed E-state index contributed by atoms with van der Waals surface area (Å²) in [4.78, 5) is 13.9. The van der Waals surface area contributed by atoms with Gasteiger partial charge in [-0.2, -0.15) is 17.0 Å². The van der Waals surface area contributed by atoms with Gasteiger partial charge in [0.1, 0.15) is 11.8 Å². The van der Waals surface area contributed by atoms with Crippen LogP contribution in [0.25, 0.3) is 0 Å². The number of hydrogen-bond acceptors (Lipinski definition) is 4. The molecule has 1 aromatic carbocycles. The van der Waals surface area contributed by atoms with E-state index in [0.717, 1.165) is 18.8 Å². The highest BCUT2D eigenvalue weighted by atomic mass is 32.2. The number of benzene rings is 1. The fraction of sp³-hybridized carbons (Fsp3) is 0.429. The lowest BCUT2D eigenvalue weighted by molar-refractivity contribution is -0.133. The van der Waals surface area contributed by atoms with Gasteiger partial charge in [0.25, 0.3) is 5.91 Å². The van der Waals surface area contributed by atoms with Gasteiger partial charge in [-0.15, -0.1) is 0 Å². The van der Waals surface area contributed by atoms with E-state index in [1.54, 1.807) is 24.3 Å². The second kappa shape index (κ2) is 6.48. The highest BCUT2D eigenvalue weighted by Crippen LogP contribution is 2.19. The first-order valence-corrected chi connectivity index (χ1v) is 7.27. The van der Waals surface area contributed by atoms with Crippen LogP contribution < -0.4 is 4.74 Å². The first-order chi connectivity index (χ1) is 9.20. The Balaban J connectivity index is 1.91. The number of carbonyl (C=O) groups excluding carboxylic acids is 1. The molecule has 1 amide bonds. The van der Waals surface area contributed by atoms with Crippen molar-refractivity contribution in [1.82, 2.24) is 4.90 Å². The van der Waals surface area contributed by atoms with Crippen LogP contribution in [0.1, 0.15) is 12.5 Å². The molecule has 5 heteroatoms.